The highest BCUT2D eigenvalue weighted by molar-refractivity contribution is 5.43. The molecule has 0 aromatic heterocycles. The summed E-state index contributed by atoms with van der Waals surface area (Å²) in [7, 11) is 3.53. The Morgan fingerprint density at radius 1 is 1.35 bits per heavy atom. The average Bonchev–Trinajstić information content (AvgIpc) is 2.43. The number of non-ortho nitro benzene ring substituents is 1. The summed E-state index contributed by atoms with van der Waals surface area (Å²) < 4.78 is 5.24. The predicted octanol–water partition coefficient (Wildman–Crippen LogP) is 2.20. The number of benzene rings is 1. The van der Waals surface area contributed by atoms with E-state index >= 15 is 0 Å². The Bertz CT molecular complexity index is 437. The van der Waals surface area contributed by atoms with Gasteiger partial charge in [-0.15, -0.1) is 0 Å². The molecular formula is C14H22N2O4. The smallest absolute Gasteiger partial charge is 0.270 e. The lowest BCUT2D eigenvalue weighted by Gasteiger charge is -2.18. The molecule has 0 atom stereocenters. The molecule has 0 saturated heterocycles. The van der Waals surface area contributed by atoms with Crippen molar-refractivity contribution < 1.29 is 14.8 Å². The van der Waals surface area contributed by atoms with E-state index in [2.05, 4.69) is 4.90 Å². The van der Waals surface area contributed by atoms with Gasteiger partial charge in [-0.3, -0.25) is 10.1 Å². The summed E-state index contributed by atoms with van der Waals surface area (Å²) in [6.45, 7) is 1.71. The predicted molar refractivity (Wildman–Crippen MR) is 76.9 cm³/mol. The number of nitro groups is 1. The van der Waals surface area contributed by atoms with Crippen molar-refractivity contribution in [1.29, 1.82) is 0 Å². The molecule has 0 radical (unpaired) electrons. The molecular weight excluding hydrogens is 260 g/mol. The minimum atomic E-state index is -0.399. The summed E-state index contributed by atoms with van der Waals surface area (Å²) in [6, 6.07) is 4.64. The second-order valence-electron chi connectivity index (χ2n) is 4.78. The molecule has 112 valence electrons. The van der Waals surface area contributed by atoms with Crippen molar-refractivity contribution in [2.45, 2.75) is 25.8 Å². The maximum atomic E-state index is 10.8. The first-order chi connectivity index (χ1) is 9.58. The molecule has 0 aliphatic carbocycles. The van der Waals surface area contributed by atoms with E-state index in [-0.39, 0.29) is 12.3 Å². The van der Waals surface area contributed by atoms with Crippen LogP contribution >= 0.6 is 0 Å². The van der Waals surface area contributed by atoms with Gasteiger partial charge in [-0.1, -0.05) is 0 Å². The van der Waals surface area contributed by atoms with Crippen LogP contribution in [-0.2, 0) is 6.54 Å². The van der Waals surface area contributed by atoms with Crippen LogP contribution in [0.15, 0.2) is 18.2 Å². The maximum absolute atomic E-state index is 10.8. The Morgan fingerprint density at radius 3 is 2.70 bits per heavy atom. The van der Waals surface area contributed by atoms with Gasteiger partial charge in [0.1, 0.15) is 5.75 Å². The Labute approximate surface area is 119 Å². The van der Waals surface area contributed by atoms with E-state index in [1.54, 1.807) is 19.2 Å². The minimum absolute atomic E-state index is 0.0782. The number of rotatable bonds is 9. The molecule has 0 saturated carbocycles. The molecule has 0 bridgehead atoms. The largest absolute Gasteiger partial charge is 0.496 e. The van der Waals surface area contributed by atoms with Gasteiger partial charge in [-0.2, -0.15) is 0 Å². The SMILES string of the molecule is COc1ccc([N+](=O)[O-])cc1CN(C)CCCCCO. The molecule has 0 heterocycles. The lowest BCUT2D eigenvalue weighted by atomic mass is 10.1. The van der Waals surface area contributed by atoms with Crippen LogP contribution in [0.3, 0.4) is 0 Å². The zero-order chi connectivity index (χ0) is 15.0. The van der Waals surface area contributed by atoms with Crippen molar-refractivity contribution in [3.05, 3.63) is 33.9 Å². The van der Waals surface area contributed by atoms with Gasteiger partial charge in [0.05, 0.1) is 12.0 Å². The third-order valence-corrected chi connectivity index (χ3v) is 3.11. The second-order valence-corrected chi connectivity index (χ2v) is 4.78. The summed E-state index contributed by atoms with van der Waals surface area (Å²) in [4.78, 5) is 12.5. The Kier molecular flexibility index (Phi) is 6.97. The van der Waals surface area contributed by atoms with Gasteiger partial charge < -0.3 is 14.7 Å². The first kappa shape index (κ1) is 16.4. The number of nitrogens with zero attached hydrogens (tertiary/aromatic N) is 2. The van der Waals surface area contributed by atoms with Crippen LogP contribution in [-0.4, -0.2) is 42.2 Å². The number of nitro benzene ring substituents is 1. The molecule has 20 heavy (non-hydrogen) atoms. The highest BCUT2D eigenvalue weighted by Gasteiger charge is 2.12. The first-order valence-corrected chi connectivity index (χ1v) is 6.69. The molecule has 6 nitrogen and oxygen atoms in total. The van der Waals surface area contributed by atoms with E-state index < -0.39 is 4.92 Å². The lowest BCUT2D eigenvalue weighted by molar-refractivity contribution is -0.384. The summed E-state index contributed by atoms with van der Waals surface area (Å²) in [5, 5.41) is 19.5. The zero-order valence-electron chi connectivity index (χ0n) is 12.0. The van der Waals surface area contributed by atoms with Crippen LogP contribution in [0.5, 0.6) is 5.75 Å². The molecule has 1 rings (SSSR count). The Balaban J connectivity index is 2.64. The molecule has 0 spiro atoms. The number of aliphatic hydroxyl groups is 1. The number of hydrogen-bond donors (Lipinski definition) is 1. The molecule has 0 unspecified atom stereocenters. The van der Waals surface area contributed by atoms with Gasteiger partial charge in [0.2, 0.25) is 0 Å². The van der Waals surface area contributed by atoms with Gasteiger partial charge in [-0.05, 0) is 38.9 Å². The third-order valence-electron chi connectivity index (χ3n) is 3.11. The van der Waals surface area contributed by atoms with Crippen LogP contribution in [0.2, 0.25) is 0 Å². The van der Waals surface area contributed by atoms with Gasteiger partial charge in [0, 0.05) is 30.8 Å². The minimum Gasteiger partial charge on any atom is -0.496 e. The summed E-state index contributed by atoms with van der Waals surface area (Å²) >= 11 is 0. The third kappa shape index (κ3) is 5.14. The fraction of sp³-hybridized carbons (Fsp3) is 0.571. The monoisotopic (exact) mass is 282 g/mol. The summed E-state index contributed by atoms with van der Waals surface area (Å²) in [5.41, 5.74) is 0.890. The van der Waals surface area contributed by atoms with Gasteiger partial charge in [0.25, 0.3) is 5.69 Å². The molecule has 0 aliphatic rings. The van der Waals surface area contributed by atoms with Gasteiger partial charge >= 0.3 is 0 Å². The first-order valence-electron chi connectivity index (χ1n) is 6.69. The number of hydrogen-bond acceptors (Lipinski definition) is 5. The van der Waals surface area contributed by atoms with Crippen molar-refractivity contribution in [3.63, 3.8) is 0 Å². The second kappa shape index (κ2) is 8.50. The number of unbranched alkanes of at least 4 members (excludes halogenated alkanes) is 2. The fourth-order valence-corrected chi connectivity index (χ4v) is 2.04. The zero-order valence-corrected chi connectivity index (χ0v) is 12.0. The molecule has 1 aromatic rings. The van der Waals surface area contributed by atoms with Crippen molar-refractivity contribution in [2.75, 3.05) is 27.3 Å². The molecule has 0 aliphatic heterocycles. The molecule has 0 fully saturated rings. The van der Waals surface area contributed by atoms with E-state index in [4.69, 9.17) is 9.84 Å². The van der Waals surface area contributed by atoms with Crippen molar-refractivity contribution in [1.82, 2.24) is 4.90 Å². The van der Waals surface area contributed by atoms with E-state index in [0.29, 0.717) is 12.3 Å². The van der Waals surface area contributed by atoms with E-state index in [9.17, 15) is 10.1 Å². The standard InChI is InChI=1S/C14H22N2O4/c1-15(8-4-3-5-9-17)11-12-10-13(16(18)19)6-7-14(12)20-2/h6-7,10,17H,3-5,8-9,11H2,1-2H3. The highest BCUT2D eigenvalue weighted by atomic mass is 16.6. The molecule has 1 aromatic carbocycles. The van der Waals surface area contributed by atoms with Gasteiger partial charge in [-0.25, -0.2) is 0 Å². The normalized spacial score (nSPS) is 10.8. The van der Waals surface area contributed by atoms with Crippen LogP contribution < -0.4 is 4.74 Å². The molecule has 0 amide bonds. The van der Waals surface area contributed by atoms with Gasteiger partial charge in [0.15, 0.2) is 0 Å². The Hall–Kier alpha value is -1.66. The average molecular weight is 282 g/mol. The van der Waals surface area contributed by atoms with E-state index in [1.165, 1.54) is 6.07 Å². The number of ether oxygens (including phenoxy) is 1. The van der Waals surface area contributed by atoms with Crippen molar-refractivity contribution in [2.24, 2.45) is 0 Å². The number of aliphatic hydroxyl groups excluding tert-OH is 1. The highest BCUT2D eigenvalue weighted by Crippen LogP contribution is 2.25. The number of methoxy groups -OCH3 is 1. The molecule has 1 N–H and O–H groups in total. The van der Waals surface area contributed by atoms with Crippen LogP contribution in [0, 0.1) is 10.1 Å². The topological polar surface area (TPSA) is 75.8 Å². The quantitative estimate of drug-likeness (QED) is 0.427. The van der Waals surface area contributed by atoms with Crippen molar-refractivity contribution >= 4 is 5.69 Å². The molecule has 6 heteroatoms. The van der Waals surface area contributed by atoms with E-state index in [0.717, 1.165) is 31.4 Å². The fourth-order valence-electron chi connectivity index (χ4n) is 2.04. The van der Waals surface area contributed by atoms with E-state index in [1.807, 2.05) is 7.05 Å². The van der Waals surface area contributed by atoms with Crippen LogP contribution in [0.25, 0.3) is 0 Å². The Morgan fingerprint density at radius 2 is 2.10 bits per heavy atom. The maximum Gasteiger partial charge on any atom is 0.270 e. The van der Waals surface area contributed by atoms with Crippen molar-refractivity contribution in [3.8, 4) is 5.75 Å². The van der Waals surface area contributed by atoms with Crippen LogP contribution in [0.4, 0.5) is 5.69 Å². The summed E-state index contributed by atoms with van der Waals surface area (Å²) in [6.07, 6.45) is 2.79. The summed E-state index contributed by atoms with van der Waals surface area (Å²) in [5.74, 6) is 0.665. The van der Waals surface area contributed by atoms with Crippen LogP contribution in [0.1, 0.15) is 24.8 Å². The lowest BCUT2D eigenvalue weighted by Crippen LogP contribution is -2.19.